The number of hydrogen-bond donors (Lipinski definition) is 1. The van der Waals surface area contributed by atoms with Crippen molar-refractivity contribution >= 4 is 23.1 Å². The van der Waals surface area contributed by atoms with Crippen LogP contribution in [0.5, 0.6) is 5.75 Å². The summed E-state index contributed by atoms with van der Waals surface area (Å²) in [5.41, 5.74) is 4.06. The molecule has 0 spiro atoms. The van der Waals surface area contributed by atoms with Crippen LogP contribution in [0.15, 0.2) is 55.0 Å². The average Bonchev–Trinajstić information content (AvgIpc) is 3.41. The van der Waals surface area contributed by atoms with Crippen LogP contribution < -0.4 is 10.1 Å². The van der Waals surface area contributed by atoms with Crippen LogP contribution in [0.4, 0.5) is 24.7 Å². The first-order valence-corrected chi connectivity index (χ1v) is 13.8. The van der Waals surface area contributed by atoms with Gasteiger partial charge in [0.1, 0.15) is 0 Å². The number of aryl methyl sites for hydroxylation is 1. The second-order valence-electron chi connectivity index (χ2n) is 10.4. The van der Waals surface area contributed by atoms with Crippen LogP contribution in [-0.4, -0.2) is 101 Å². The van der Waals surface area contributed by atoms with Gasteiger partial charge >= 0.3 is 0 Å². The number of aromatic nitrogens is 3. The molecule has 2 aromatic carbocycles. The molecule has 3 heterocycles. The van der Waals surface area contributed by atoms with E-state index in [4.69, 9.17) is 4.74 Å². The molecular weight excluding hydrogens is 547 g/mol. The highest BCUT2D eigenvalue weighted by atomic mass is 19.3. The largest absolute Gasteiger partial charge is 0.494 e. The lowest BCUT2D eigenvalue weighted by Crippen LogP contribution is -2.49. The lowest BCUT2D eigenvalue weighted by molar-refractivity contribution is 0.0523. The second-order valence-corrected chi connectivity index (χ2v) is 10.4. The van der Waals surface area contributed by atoms with Gasteiger partial charge in [-0.3, -0.25) is 19.0 Å². The molecule has 12 heteroatoms. The number of nitrogens with zero attached hydrogens (tertiary/aromatic N) is 6. The molecule has 0 radical (unpaired) electrons. The van der Waals surface area contributed by atoms with Gasteiger partial charge in [-0.25, -0.2) is 23.1 Å². The maximum Gasteiger partial charge on any atom is 0.253 e. The van der Waals surface area contributed by atoms with Gasteiger partial charge in [0.2, 0.25) is 0 Å². The number of fused-ring (bicyclic) bond motifs is 1. The molecule has 1 aliphatic rings. The van der Waals surface area contributed by atoms with Crippen molar-refractivity contribution in [3.05, 3.63) is 71.9 Å². The predicted molar refractivity (Wildman–Crippen MR) is 155 cm³/mol. The van der Waals surface area contributed by atoms with Crippen molar-refractivity contribution in [2.45, 2.75) is 13.3 Å². The average molecular weight is 582 g/mol. The molecule has 0 aliphatic carbocycles. The van der Waals surface area contributed by atoms with Crippen molar-refractivity contribution in [1.82, 2.24) is 29.1 Å². The van der Waals surface area contributed by atoms with Gasteiger partial charge < -0.3 is 15.0 Å². The summed E-state index contributed by atoms with van der Waals surface area (Å²) in [7, 11) is 3.20. The molecule has 2 aromatic heterocycles. The fourth-order valence-electron chi connectivity index (χ4n) is 5.15. The Labute approximate surface area is 242 Å². The Morgan fingerprint density at radius 3 is 2.55 bits per heavy atom. The zero-order valence-electron chi connectivity index (χ0n) is 23.9. The number of nitrogens with one attached hydrogen (secondary N) is 1. The molecule has 1 aliphatic heterocycles. The number of imidazole rings is 1. The Morgan fingerprint density at radius 1 is 1.10 bits per heavy atom. The summed E-state index contributed by atoms with van der Waals surface area (Å²) in [5, 5.41) is 3.29. The number of halogens is 3. The van der Waals surface area contributed by atoms with Gasteiger partial charge in [-0.1, -0.05) is 0 Å². The maximum absolute atomic E-state index is 14.3. The van der Waals surface area contributed by atoms with E-state index in [9.17, 15) is 18.0 Å². The minimum atomic E-state index is -2.31. The number of carbonyl (C=O) groups is 1. The first-order valence-electron chi connectivity index (χ1n) is 13.8. The SMILES string of the molecule is COc1ccc(-c2cnc3c(Nc4ccc(C(=O)N(C)CCN5CCN(CC(F)F)CC5)c(C)c4)nccn23)cc1F. The molecule has 1 amide bonds. The summed E-state index contributed by atoms with van der Waals surface area (Å²) in [6.07, 6.45) is 2.75. The van der Waals surface area contributed by atoms with E-state index in [2.05, 4.69) is 20.2 Å². The van der Waals surface area contributed by atoms with E-state index in [1.807, 2.05) is 23.5 Å². The minimum Gasteiger partial charge on any atom is -0.494 e. The summed E-state index contributed by atoms with van der Waals surface area (Å²) in [4.78, 5) is 27.8. The monoisotopic (exact) mass is 581 g/mol. The fraction of sp³-hybridized carbons (Fsp3) is 0.367. The van der Waals surface area contributed by atoms with Gasteiger partial charge in [0, 0.05) is 75.5 Å². The van der Waals surface area contributed by atoms with E-state index in [0.29, 0.717) is 67.6 Å². The standard InChI is InChI=1S/C30H34F3N7O2/c1-20-16-22(5-6-23(20)30(41)37(2)10-11-38-12-14-39(15-13-38)19-27(32)33)36-28-29-35-18-25(40(29)9-8-34-28)21-4-7-26(42-3)24(31)17-21/h4-9,16-18,27H,10-15,19H2,1-3H3,(H,34,36). The number of benzene rings is 2. The Bertz CT molecular complexity index is 1550. The second kappa shape index (κ2) is 12.8. The Balaban J connectivity index is 1.23. The van der Waals surface area contributed by atoms with Gasteiger partial charge in [0.15, 0.2) is 23.0 Å². The molecule has 9 nitrogen and oxygen atoms in total. The number of ether oxygens (including phenoxy) is 1. The summed E-state index contributed by atoms with van der Waals surface area (Å²) in [6.45, 7) is 5.57. The van der Waals surface area contributed by atoms with E-state index in [-0.39, 0.29) is 18.2 Å². The van der Waals surface area contributed by atoms with E-state index in [1.54, 1.807) is 53.6 Å². The molecule has 42 heavy (non-hydrogen) atoms. The van der Waals surface area contributed by atoms with Crippen LogP contribution in [0.2, 0.25) is 0 Å². The number of rotatable bonds is 10. The molecule has 1 saturated heterocycles. The summed E-state index contributed by atoms with van der Waals surface area (Å²) < 4.78 is 46.4. The number of methoxy groups -OCH3 is 1. The minimum absolute atomic E-state index is 0.0831. The first-order chi connectivity index (χ1) is 20.2. The van der Waals surface area contributed by atoms with E-state index in [1.165, 1.54) is 13.2 Å². The Morgan fingerprint density at radius 2 is 1.86 bits per heavy atom. The van der Waals surface area contributed by atoms with Crippen molar-refractivity contribution < 1.29 is 22.7 Å². The van der Waals surface area contributed by atoms with Crippen LogP contribution in [0.1, 0.15) is 15.9 Å². The van der Waals surface area contributed by atoms with Gasteiger partial charge in [-0.2, -0.15) is 0 Å². The van der Waals surface area contributed by atoms with Gasteiger partial charge in [0.25, 0.3) is 12.3 Å². The highest BCUT2D eigenvalue weighted by Crippen LogP contribution is 2.29. The maximum atomic E-state index is 14.3. The third-order valence-corrected chi connectivity index (χ3v) is 7.55. The predicted octanol–water partition coefficient (Wildman–Crippen LogP) is 4.55. The number of amides is 1. The normalized spacial score (nSPS) is 14.5. The molecular formula is C30H34F3N7O2. The lowest BCUT2D eigenvalue weighted by Gasteiger charge is -2.35. The zero-order valence-corrected chi connectivity index (χ0v) is 23.9. The van der Waals surface area contributed by atoms with Gasteiger partial charge in [0.05, 0.1) is 25.5 Å². The number of piperazine rings is 1. The number of carbonyl (C=O) groups excluding carboxylic acids is 1. The number of anilines is 2. The first kappa shape index (κ1) is 29.3. The molecule has 5 rings (SSSR count). The van der Waals surface area contributed by atoms with E-state index < -0.39 is 12.2 Å². The van der Waals surface area contributed by atoms with E-state index in [0.717, 1.165) is 11.3 Å². The lowest BCUT2D eigenvalue weighted by atomic mass is 10.1. The van der Waals surface area contributed by atoms with Crippen molar-refractivity contribution in [3.63, 3.8) is 0 Å². The summed E-state index contributed by atoms with van der Waals surface area (Å²) in [6, 6.07) is 10.3. The van der Waals surface area contributed by atoms with Crippen LogP contribution in [0, 0.1) is 12.7 Å². The van der Waals surface area contributed by atoms with Crippen molar-refractivity contribution in [2.24, 2.45) is 0 Å². The van der Waals surface area contributed by atoms with Crippen molar-refractivity contribution in [3.8, 4) is 17.0 Å². The molecule has 1 fully saturated rings. The van der Waals surface area contributed by atoms with Crippen molar-refractivity contribution in [2.75, 3.05) is 65.3 Å². The van der Waals surface area contributed by atoms with Crippen molar-refractivity contribution in [1.29, 1.82) is 0 Å². The van der Waals surface area contributed by atoms with Crippen LogP contribution >= 0.6 is 0 Å². The van der Waals surface area contributed by atoms with Crippen LogP contribution in [0.3, 0.4) is 0 Å². The topological polar surface area (TPSA) is 78.2 Å². The van der Waals surface area contributed by atoms with Crippen LogP contribution in [0.25, 0.3) is 16.9 Å². The molecule has 0 bridgehead atoms. The highest BCUT2D eigenvalue weighted by Gasteiger charge is 2.21. The van der Waals surface area contributed by atoms with Gasteiger partial charge in [-0.15, -0.1) is 0 Å². The third-order valence-electron chi connectivity index (χ3n) is 7.55. The Hall–Kier alpha value is -4.16. The fourth-order valence-corrected chi connectivity index (χ4v) is 5.15. The van der Waals surface area contributed by atoms with E-state index >= 15 is 0 Å². The third kappa shape index (κ3) is 6.50. The molecule has 0 atom stereocenters. The molecule has 0 unspecified atom stereocenters. The molecule has 4 aromatic rings. The quantitative estimate of drug-likeness (QED) is 0.295. The molecule has 0 saturated carbocycles. The zero-order chi connectivity index (χ0) is 29.8. The molecule has 222 valence electrons. The smallest absolute Gasteiger partial charge is 0.253 e. The highest BCUT2D eigenvalue weighted by molar-refractivity contribution is 5.96. The number of hydrogen-bond acceptors (Lipinski definition) is 7. The number of likely N-dealkylation sites (N-methyl/N-ethyl adjacent to an activating group) is 1. The Kier molecular flexibility index (Phi) is 8.93. The number of alkyl halides is 2. The van der Waals surface area contributed by atoms with Crippen LogP contribution in [-0.2, 0) is 0 Å². The molecule has 1 N–H and O–H groups in total. The summed E-state index contributed by atoms with van der Waals surface area (Å²) in [5.74, 6) is 0.143. The van der Waals surface area contributed by atoms with Gasteiger partial charge in [-0.05, 0) is 48.9 Å². The summed E-state index contributed by atoms with van der Waals surface area (Å²) >= 11 is 0.